The average Bonchev–Trinajstić information content (AvgIpc) is 2.27. The minimum atomic E-state index is -1.08. The number of hydrogen-bond acceptors (Lipinski definition) is 4. The Morgan fingerprint density at radius 1 is 1.32 bits per heavy atom. The molecule has 0 saturated heterocycles. The summed E-state index contributed by atoms with van der Waals surface area (Å²) in [6, 6.07) is -0.932. The van der Waals surface area contributed by atoms with E-state index in [0.717, 1.165) is 0 Å². The number of rotatable bonds is 8. The van der Waals surface area contributed by atoms with Crippen LogP contribution in [0.25, 0.3) is 0 Å². The molecule has 0 aliphatic rings. The fourth-order valence-corrected chi connectivity index (χ4v) is 1.47. The van der Waals surface area contributed by atoms with Crippen molar-refractivity contribution < 1.29 is 24.2 Å². The number of carboxylic acids is 1. The van der Waals surface area contributed by atoms with Crippen molar-refractivity contribution in [2.45, 2.75) is 26.3 Å². The molecule has 0 saturated carbocycles. The maximum Gasteiger partial charge on any atom is 0.326 e. The van der Waals surface area contributed by atoms with Crippen molar-refractivity contribution in [2.24, 2.45) is 5.92 Å². The molecule has 2 amide bonds. The van der Waals surface area contributed by atoms with Crippen molar-refractivity contribution in [1.82, 2.24) is 10.2 Å². The lowest BCUT2D eigenvalue weighted by Gasteiger charge is -2.20. The molecule has 0 aromatic rings. The van der Waals surface area contributed by atoms with Gasteiger partial charge in [-0.3, -0.25) is 9.59 Å². The molecular formula is C12H22N2O5. The minimum absolute atomic E-state index is 0.113. The molecule has 0 aromatic heterocycles. The zero-order valence-corrected chi connectivity index (χ0v) is 11.8. The van der Waals surface area contributed by atoms with Crippen molar-refractivity contribution >= 4 is 17.8 Å². The lowest BCUT2D eigenvalue weighted by molar-refractivity contribution is -0.143. The van der Waals surface area contributed by atoms with E-state index < -0.39 is 17.9 Å². The van der Waals surface area contributed by atoms with Crippen LogP contribution in [-0.2, 0) is 19.1 Å². The molecule has 0 bridgehead atoms. The van der Waals surface area contributed by atoms with E-state index in [1.165, 1.54) is 19.1 Å². The molecule has 0 radical (unpaired) electrons. The molecule has 7 heteroatoms. The number of nitrogens with one attached hydrogen (secondary N) is 1. The summed E-state index contributed by atoms with van der Waals surface area (Å²) >= 11 is 0. The Morgan fingerprint density at radius 2 is 1.89 bits per heavy atom. The van der Waals surface area contributed by atoms with Crippen LogP contribution in [0.5, 0.6) is 0 Å². The molecule has 0 heterocycles. The first-order valence-corrected chi connectivity index (χ1v) is 6.03. The highest BCUT2D eigenvalue weighted by atomic mass is 16.5. The van der Waals surface area contributed by atoms with Crippen LogP contribution in [0.2, 0.25) is 0 Å². The second-order valence-corrected chi connectivity index (χ2v) is 4.77. The molecule has 7 nitrogen and oxygen atoms in total. The molecular weight excluding hydrogens is 252 g/mol. The molecule has 0 rings (SSSR count). The Labute approximate surface area is 112 Å². The van der Waals surface area contributed by atoms with Crippen LogP contribution in [0, 0.1) is 5.92 Å². The highest BCUT2D eigenvalue weighted by molar-refractivity contribution is 5.88. The third-order valence-corrected chi connectivity index (χ3v) is 2.41. The minimum Gasteiger partial charge on any atom is -0.480 e. The monoisotopic (exact) mass is 274 g/mol. The average molecular weight is 274 g/mol. The molecule has 0 aromatic carbocycles. The Kier molecular flexibility index (Phi) is 7.74. The predicted octanol–water partition coefficient (Wildman–Crippen LogP) is -0.293. The van der Waals surface area contributed by atoms with Gasteiger partial charge in [0, 0.05) is 14.2 Å². The van der Waals surface area contributed by atoms with Gasteiger partial charge >= 0.3 is 5.97 Å². The van der Waals surface area contributed by atoms with E-state index >= 15 is 0 Å². The molecule has 1 atom stereocenters. The molecule has 0 aliphatic carbocycles. The summed E-state index contributed by atoms with van der Waals surface area (Å²) < 4.78 is 4.66. The van der Waals surface area contributed by atoms with Gasteiger partial charge in [0.25, 0.3) is 0 Å². The largest absolute Gasteiger partial charge is 0.480 e. The van der Waals surface area contributed by atoms with Gasteiger partial charge < -0.3 is 20.1 Å². The Bertz CT molecular complexity index is 330. The number of ether oxygens (including phenoxy) is 1. The van der Waals surface area contributed by atoms with Crippen molar-refractivity contribution in [3.8, 4) is 0 Å². The van der Waals surface area contributed by atoms with Gasteiger partial charge in [0.2, 0.25) is 11.8 Å². The van der Waals surface area contributed by atoms with Crippen molar-refractivity contribution in [1.29, 1.82) is 0 Å². The molecule has 110 valence electrons. The van der Waals surface area contributed by atoms with E-state index in [1.54, 1.807) is 0 Å². The normalized spacial score (nSPS) is 12.1. The fraction of sp³-hybridized carbons (Fsp3) is 0.750. The highest BCUT2D eigenvalue weighted by Gasteiger charge is 2.22. The predicted molar refractivity (Wildman–Crippen MR) is 68.5 cm³/mol. The lowest BCUT2D eigenvalue weighted by atomic mass is 10.0. The number of nitrogens with zero attached hydrogens (tertiary/aromatic N) is 1. The maximum atomic E-state index is 11.6. The van der Waals surface area contributed by atoms with E-state index in [2.05, 4.69) is 10.1 Å². The summed E-state index contributed by atoms with van der Waals surface area (Å²) in [4.78, 5) is 35.2. The standard InChI is InChI=1S/C12H22N2O5/c1-8(2)5-9(12(17)18)13-10(15)6-14(3)11(16)7-19-4/h8-9H,5-7H2,1-4H3,(H,13,15)(H,17,18)/t9-/m0/s1. The van der Waals surface area contributed by atoms with E-state index in [9.17, 15) is 14.4 Å². The van der Waals surface area contributed by atoms with Crippen molar-refractivity contribution in [3.63, 3.8) is 0 Å². The smallest absolute Gasteiger partial charge is 0.326 e. The van der Waals surface area contributed by atoms with Gasteiger partial charge in [0.1, 0.15) is 12.6 Å². The summed E-state index contributed by atoms with van der Waals surface area (Å²) in [5.74, 6) is -1.77. The van der Waals surface area contributed by atoms with E-state index in [0.29, 0.717) is 6.42 Å². The SMILES string of the molecule is COCC(=O)N(C)CC(=O)N[C@@H](CC(C)C)C(=O)O. The third-order valence-electron chi connectivity index (χ3n) is 2.41. The van der Waals surface area contributed by atoms with Gasteiger partial charge in [0.15, 0.2) is 0 Å². The lowest BCUT2D eigenvalue weighted by Crippen LogP contribution is -2.46. The quantitative estimate of drug-likeness (QED) is 0.634. The van der Waals surface area contributed by atoms with Gasteiger partial charge in [-0.25, -0.2) is 4.79 Å². The zero-order chi connectivity index (χ0) is 15.0. The number of aliphatic carboxylic acids is 1. The van der Waals surface area contributed by atoms with Gasteiger partial charge in [-0.2, -0.15) is 0 Å². The third kappa shape index (κ3) is 7.40. The molecule has 0 spiro atoms. The van der Waals surface area contributed by atoms with Crippen molar-refractivity contribution in [2.75, 3.05) is 27.3 Å². The summed E-state index contributed by atoms with van der Waals surface area (Å²) in [6.45, 7) is 3.44. The number of hydrogen-bond donors (Lipinski definition) is 2. The van der Waals surface area contributed by atoms with Crippen LogP contribution in [0.15, 0.2) is 0 Å². The van der Waals surface area contributed by atoms with E-state index in [1.807, 2.05) is 13.8 Å². The number of amides is 2. The molecule has 19 heavy (non-hydrogen) atoms. The highest BCUT2D eigenvalue weighted by Crippen LogP contribution is 2.04. The van der Waals surface area contributed by atoms with Gasteiger partial charge in [-0.15, -0.1) is 0 Å². The summed E-state index contributed by atoms with van der Waals surface area (Å²) in [5, 5.41) is 11.4. The summed E-state index contributed by atoms with van der Waals surface area (Å²) in [5.41, 5.74) is 0. The van der Waals surface area contributed by atoms with Crippen LogP contribution in [0.1, 0.15) is 20.3 Å². The zero-order valence-electron chi connectivity index (χ0n) is 11.8. The summed E-state index contributed by atoms with van der Waals surface area (Å²) in [6.07, 6.45) is 0.344. The van der Waals surface area contributed by atoms with Crippen LogP contribution >= 0.6 is 0 Å². The van der Waals surface area contributed by atoms with E-state index in [-0.39, 0.29) is 25.0 Å². The van der Waals surface area contributed by atoms with Gasteiger partial charge in [0.05, 0.1) is 6.54 Å². The molecule has 0 unspecified atom stereocenters. The Hall–Kier alpha value is -1.63. The fourth-order valence-electron chi connectivity index (χ4n) is 1.47. The second kappa shape index (κ2) is 8.47. The van der Waals surface area contributed by atoms with Crippen LogP contribution < -0.4 is 5.32 Å². The second-order valence-electron chi connectivity index (χ2n) is 4.77. The number of carboxylic acid groups (broad SMARTS) is 1. The topological polar surface area (TPSA) is 95.9 Å². The van der Waals surface area contributed by atoms with Crippen LogP contribution in [0.4, 0.5) is 0 Å². The molecule has 2 N–H and O–H groups in total. The summed E-state index contributed by atoms with van der Waals surface area (Å²) in [7, 11) is 2.84. The number of methoxy groups -OCH3 is 1. The Balaban J connectivity index is 4.34. The van der Waals surface area contributed by atoms with Gasteiger partial charge in [-0.05, 0) is 12.3 Å². The van der Waals surface area contributed by atoms with Gasteiger partial charge in [-0.1, -0.05) is 13.8 Å². The first-order valence-electron chi connectivity index (χ1n) is 6.03. The van der Waals surface area contributed by atoms with Crippen LogP contribution in [0.3, 0.4) is 0 Å². The first kappa shape index (κ1) is 17.4. The number of likely N-dealkylation sites (N-methyl/N-ethyl adjacent to an activating group) is 1. The molecule has 0 fully saturated rings. The first-order chi connectivity index (χ1) is 8.77. The Morgan fingerprint density at radius 3 is 2.32 bits per heavy atom. The number of carbonyl (C=O) groups excluding carboxylic acids is 2. The van der Waals surface area contributed by atoms with Crippen molar-refractivity contribution in [3.05, 3.63) is 0 Å². The number of carbonyl (C=O) groups is 3. The van der Waals surface area contributed by atoms with Crippen LogP contribution in [-0.4, -0.2) is 61.1 Å². The maximum absolute atomic E-state index is 11.6. The van der Waals surface area contributed by atoms with E-state index in [4.69, 9.17) is 5.11 Å². The molecule has 0 aliphatic heterocycles.